The van der Waals surface area contributed by atoms with Gasteiger partial charge in [-0.3, -0.25) is 19.3 Å². The highest BCUT2D eigenvalue weighted by Crippen LogP contribution is 2.20. The van der Waals surface area contributed by atoms with Crippen LogP contribution in [0.4, 0.5) is 5.82 Å². The fourth-order valence-electron chi connectivity index (χ4n) is 3.01. The number of fused-ring (bicyclic) bond motifs is 1. The van der Waals surface area contributed by atoms with Crippen molar-refractivity contribution in [2.75, 3.05) is 11.1 Å². The molecule has 1 amide bonds. The van der Waals surface area contributed by atoms with Gasteiger partial charge >= 0.3 is 0 Å². The third-order valence-electron chi connectivity index (χ3n) is 4.36. The fraction of sp³-hybridized carbons (Fsp3) is 0.143. The predicted molar refractivity (Wildman–Crippen MR) is 119 cm³/mol. The Hall–Kier alpha value is -3.10. The van der Waals surface area contributed by atoms with E-state index in [1.807, 2.05) is 31.2 Å². The summed E-state index contributed by atoms with van der Waals surface area (Å²) in [6.07, 6.45) is 0. The third kappa shape index (κ3) is 4.55. The van der Waals surface area contributed by atoms with E-state index in [0.29, 0.717) is 33.4 Å². The van der Waals surface area contributed by atoms with Crippen molar-refractivity contribution >= 4 is 46.0 Å². The van der Waals surface area contributed by atoms with E-state index < -0.39 is 0 Å². The number of carbonyl (C=O) groups excluding carboxylic acids is 1. The fourth-order valence-corrected chi connectivity index (χ4v) is 4.02. The SMILES string of the molecule is Cc1cc(NC(=O)CSc2nc3ccccc3c(=O)n2Cc2cccc(Cl)c2)n[nH]1. The van der Waals surface area contributed by atoms with Crippen LogP contribution in [-0.2, 0) is 11.3 Å². The molecule has 4 rings (SSSR count). The van der Waals surface area contributed by atoms with Crippen molar-refractivity contribution < 1.29 is 4.79 Å². The van der Waals surface area contributed by atoms with Crippen LogP contribution in [0.3, 0.4) is 0 Å². The first kappa shape index (κ1) is 20.2. The molecule has 4 aromatic rings. The lowest BCUT2D eigenvalue weighted by molar-refractivity contribution is -0.113. The highest BCUT2D eigenvalue weighted by molar-refractivity contribution is 7.99. The van der Waals surface area contributed by atoms with E-state index in [1.54, 1.807) is 34.9 Å². The second kappa shape index (κ2) is 8.73. The van der Waals surface area contributed by atoms with Crippen LogP contribution >= 0.6 is 23.4 Å². The molecule has 2 aromatic heterocycles. The quantitative estimate of drug-likeness (QED) is 0.351. The normalized spacial score (nSPS) is 11.0. The van der Waals surface area contributed by atoms with E-state index in [9.17, 15) is 9.59 Å². The minimum Gasteiger partial charge on any atom is -0.308 e. The lowest BCUT2D eigenvalue weighted by Crippen LogP contribution is -2.25. The number of nitrogens with one attached hydrogen (secondary N) is 2. The van der Waals surface area contributed by atoms with Crippen molar-refractivity contribution in [2.45, 2.75) is 18.6 Å². The molecule has 2 aromatic carbocycles. The van der Waals surface area contributed by atoms with Gasteiger partial charge in [0, 0.05) is 16.8 Å². The smallest absolute Gasteiger partial charge is 0.262 e. The Balaban J connectivity index is 1.63. The molecular weight excluding hydrogens is 422 g/mol. The second-order valence-electron chi connectivity index (χ2n) is 6.71. The molecule has 0 unspecified atom stereocenters. The minimum atomic E-state index is -0.233. The summed E-state index contributed by atoms with van der Waals surface area (Å²) in [6.45, 7) is 2.16. The summed E-state index contributed by atoms with van der Waals surface area (Å²) in [7, 11) is 0. The molecule has 0 aliphatic heterocycles. The molecule has 0 spiro atoms. The van der Waals surface area contributed by atoms with Crippen LogP contribution in [0.15, 0.2) is 64.5 Å². The predicted octanol–water partition coefficient (Wildman–Crippen LogP) is 3.86. The molecule has 2 heterocycles. The number of hydrogen-bond donors (Lipinski definition) is 2. The van der Waals surface area contributed by atoms with Gasteiger partial charge in [0.1, 0.15) is 0 Å². The van der Waals surface area contributed by atoms with Gasteiger partial charge in [-0.15, -0.1) is 0 Å². The molecule has 0 atom stereocenters. The van der Waals surface area contributed by atoms with E-state index in [2.05, 4.69) is 20.5 Å². The van der Waals surface area contributed by atoms with Gasteiger partial charge in [-0.1, -0.05) is 47.6 Å². The number of anilines is 1. The Morgan fingerprint density at radius 2 is 2.03 bits per heavy atom. The van der Waals surface area contributed by atoms with Gasteiger partial charge in [0.15, 0.2) is 11.0 Å². The van der Waals surface area contributed by atoms with Crippen LogP contribution < -0.4 is 10.9 Å². The van der Waals surface area contributed by atoms with Crippen LogP contribution in [0.5, 0.6) is 0 Å². The van der Waals surface area contributed by atoms with Gasteiger partial charge in [-0.2, -0.15) is 5.10 Å². The Labute approximate surface area is 181 Å². The molecule has 2 N–H and O–H groups in total. The van der Waals surface area contributed by atoms with Crippen LogP contribution in [0.25, 0.3) is 10.9 Å². The van der Waals surface area contributed by atoms with Crippen molar-refractivity contribution in [1.29, 1.82) is 0 Å². The average Bonchev–Trinajstić information content (AvgIpc) is 3.13. The summed E-state index contributed by atoms with van der Waals surface area (Å²) in [5.41, 5.74) is 2.16. The standard InChI is InChI=1S/C21H18ClN5O2S/c1-13-9-18(26-25-13)24-19(28)12-30-21-23-17-8-3-2-7-16(17)20(29)27(21)11-14-5-4-6-15(22)10-14/h2-10H,11-12H2,1H3,(H2,24,25,26,28). The number of nitrogens with zero attached hydrogens (tertiary/aromatic N) is 3. The maximum atomic E-state index is 13.1. The van der Waals surface area contributed by atoms with E-state index in [1.165, 1.54) is 11.8 Å². The van der Waals surface area contributed by atoms with Crippen LogP contribution in [0, 0.1) is 6.92 Å². The Morgan fingerprint density at radius 1 is 1.20 bits per heavy atom. The Morgan fingerprint density at radius 3 is 2.80 bits per heavy atom. The Kier molecular flexibility index (Phi) is 5.87. The van der Waals surface area contributed by atoms with Crippen molar-refractivity contribution in [3.8, 4) is 0 Å². The first-order valence-electron chi connectivity index (χ1n) is 9.18. The molecule has 0 fully saturated rings. The number of H-pyrrole nitrogens is 1. The topological polar surface area (TPSA) is 92.7 Å². The van der Waals surface area contributed by atoms with E-state index in [0.717, 1.165) is 11.3 Å². The summed E-state index contributed by atoms with van der Waals surface area (Å²) in [5, 5.41) is 11.1. The molecular formula is C21H18ClN5O2S. The highest BCUT2D eigenvalue weighted by atomic mass is 35.5. The monoisotopic (exact) mass is 439 g/mol. The van der Waals surface area contributed by atoms with Crippen LogP contribution in [-0.4, -0.2) is 31.4 Å². The van der Waals surface area contributed by atoms with E-state index in [-0.39, 0.29) is 17.2 Å². The van der Waals surface area contributed by atoms with Gasteiger partial charge in [-0.05, 0) is 36.8 Å². The molecule has 0 radical (unpaired) electrons. The molecule has 30 heavy (non-hydrogen) atoms. The Bertz CT molecular complexity index is 1280. The van der Waals surface area contributed by atoms with Crippen molar-refractivity contribution in [2.24, 2.45) is 0 Å². The minimum absolute atomic E-state index is 0.0895. The van der Waals surface area contributed by atoms with Crippen molar-refractivity contribution in [3.05, 3.63) is 81.2 Å². The van der Waals surface area contributed by atoms with E-state index in [4.69, 9.17) is 11.6 Å². The zero-order valence-electron chi connectivity index (χ0n) is 16.1. The van der Waals surface area contributed by atoms with Gasteiger partial charge < -0.3 is 5.32 Å². The van der Waals surface area contributed by atoms with Crippen LogP contribution in [0.2, 0.25) is 5.02 Å². The van der Waals surface area contributed by atoms with Crippen molar-refractivity contribution in [1.82, 2.24) is 19.7 Å². The molecule has 7 nitrogen and oxygen atoms in total. The first-order valence-corrected chi connectivity index (χ1v) is 10.5. The number of aromatic amines is 1. The van der Waals surface area contributed by atoms with Crippen molar-refractivity contribution in [3.63, 3.8) is 0 Å². The number of halogens is 1. The number of rotatable bonds is 6. The van der Waals surface area contributed by atoms with Gasteiger partial charge in [0.2, 0.25) is 5.91 Å². The summed E-state index contributed by atoms with van der Waals surface area (Å²) in [5.74, 6) is 0.316. The number of hydrogen-bond acceptors (Lipinski definition) is 5. The largest absolute Gasteiger partial charge is 0.308 e. The number of thioether (sulfide) groups is 1. The molecule has 0 saturated carbocycles. The molecule has 0 aliphatic rings. The zero-order chi connectivity index (χ0) is 21.1. The van der Waals surface area contributed by atoms with Gasteiger partial charge in [0.25, 0.3) is 5.56 Å². The number of carbonyl (C=O) groups is 1. The number of aromatic nitrogens is 4. The third-order valence-corrected chi connectivity index (χ3v) is 5.57. The average molecular weight is 440 g/mol. The van der Waals surface area contributed by atoms with Gasteiger partial charge in [0.05, 0.1) is 23.2 Å². The number of benzene rings is 2. The summed E-state index contributed by atoms with van der Waals surface area (Å²) in [6, 6.07) is 16.2. The maximum Gasteiger partial charge on any atom is 0.262 e. The molecule has 152 valence electrons. The summed E-state index contributed by atoms with van der Waals surface area (Å²) < 4.78 is 1.57. The first-order chi connectivity index (χ1) is 14.5. The molecule has 0 aliphatic carbocycles. The van der Waals surface area contributed by atoms with Gasteiger partial charge in [-0.25, -0.2) is 4.98 Å². The maximum absolute atomic E-state index is 13.1. The number of para-hydroxylation sites is 1. The summed E-state index contributed by atoms with van der Waals surface area (Å²) >= 11 is 7.30. The lowest BCUT2D eigenvalue weighted by Gasteiger charge is -2.13. The second-order valence-corrected chi connectivity index (χ2v) is 8.08. The molecule has 0 bridgehead atoms. The summed E-state index contributed by atoms with van der Waals surface area (Å²) in [4.78, 5) is 30.1. The molecule has 9 heteroatoms. The molecule has 0 saturated heterocycles. The highest BCUT2D eigenvalue weighted by Gasteiger charge is 2.14. The zero-order valence-corrected chi connectivity index (χ0v) is 17.6. The number of amides is 1. The number of aryl methyl sites for hydroxylation is 1. The van der Waals surface area contributed by atoms with E-state index >= 15 is 0 Å². The lowest BCUT2D eigenvalue weighted by atomic mass is 10.2. The van der Waals surface area contributed by atoms with Crippen LogP contribution in [0.1, 0.15) is 11.3 Å².